The number of hydrogen-bond donors (Lipinski definition) is 2. The van der Waals surface area contributed by atoms with E-state index in [-0.39, 0.29) is 11.8 Å². The second-order valence-corrected chi connectivity index (χ2v) is 7.30. The quantitative estimate of drug-likeness (QED) is 0.900. The SMILES string of the molecule is CCS(=O)(=O)NC1Cc2[nH]c3ccc(C)cc3c2C1. The van der Waals surface area contributed by atoms with Gasteiger partial charge in [-0.25, -0.2) is 13.1 Å². The highest BCUT2D eigenvalue weighted by molar-refractivity contribution is 7.89. The Morgan fingerprint density at radius 2 is 2.16 bits per heavy atom. The van der Waals surface area contributed by atoms with Crippen molar-refractivity contribution in [1.29, 1.82) is 0 Å². The number of aryl methyl sites for hydroxylation is 1. The van der Waals surface area contributed by atoms with Crippen molar-refractivity contribution in [2.45, 2.75) is 32.7 Å². The molecular formula is C14H18N2O2S. The lowest BCUT2D eigenvalue weighted by Crippen LogP contribution is -2.36. The van der Waals surface area contributed by atoms with Crippen molar-refractivity contribution < 1.29 is 8.42 Å². The Morgan fingerprint density at radius 1 is 1.37 bits per heavy atom. The molecule has 4 nitrogen and oxygen atoms in total. The van der Waals surface area contributed by atoms with E-state index in [1.54, 1.807) is 6.92 Å². The van der Waals surface area contributed by atoms with E-state index in [9.17, 15) is 8.42 Å². The summed E-state index contributed by atoms with van der Waals surface area (Å²) in [6.07, 6.45) is 1.53. The molecule has 1 aliphatic rings. The van der Waals surface area contributed by atoms with Crippen molar-refractivity contribution in [2.24, 2.45) is 0 Å². The first-order valence-electron chi connectivity index (χ1n) is 6.58. The monoisotopic (exact) mass is 278 g/mol. The second kappa shape index (κ2) is 4.35. The second-order valence-electron chi connectivity index (χ2n) is 5.26. The molecule has 1 aromatic heterocycles. The molecule has 1 aliphatic carbocycles. The number of rotatable bonds is 3. The molecular weight excluding hydrogens is 260 g/mol. The van der Waals surface area contributed by atoms with Gasteiger partial charge in [-0.2, -0.15) is 0 Å². The third-order valence-corrected chi connectivity index (χ3v) is 5.23. The normalized spacial score (nSPS) is 18.9. The van der Waals surface area contributed by atoms with E-state index in [0.29, 0.717) is 0 Å². The summed E-state index contributed by atoms with van der Waals surface area (Å²) in [6.45, 7) is 3.74. The Balaban J connectivity index is 1.91. The van der Waals surface area contributed by atoms with Gasteiger partial charge in [-0.05, 0) is 38.0 Å². The van der Waals surface area contributed by atoms with Crippen LogP contribution in [0.5, 0.6) is 0 Å². The van der Waals surface area contributed by atoms with Crippen LogP contribution in [0.4, 0.5) is 0 Å². The Morgan fingerprint density at radius 3 is 2.89 bits per heavy atom. The summed E-state index contributed by atoms with van der Waals surface area (Å²) in [6, 6.07) is 6.34. The van der Waals surface area contributed by atoms with Crippen LogP contribution in [-0.2, 0) is 22.9 Å². The molecule has 19 heavy (non-hydrogen) atoms. The van der Waals surface area contributed by atoms with Crippen LogP contribution in [0.2, 0.25) is 0 Å². The van der Waals surface area contributed by atoms with Gasteiger partial charge in [0.2, 0.25) is 10.0 Å². The maximum Gasteiger partial charge on any atom is 0.211 e. The average Bonchev–Trinajstić information content (AvgIpc) is 2.86. The highest BCUT2D eigenvalue weighted by Crippen LogP contribution is 2.30. The van der Waals surface area contributed by atoms with E-state index in [2.05, 4.69) is 34.8 Å². The molecule has 1 aromatic carbocycles. The molecule has 0 fully saturated rings. The predicted molar refractivity (Wildman–Crippen MR) is 76.8 cm³/mol. The van der Waals surface area contributed by atoms with Crippen LogP contribution in [0.15, 0.2) is 18.2 Å². The van der Waals surface area contributed by atoms with Gasteiger partial charge in [-0.3, -0.25) is 0 Å². The number of fused-ring (bicyclic) bond motifs is 3. The van der Waals surface area contributed by atoms with Crippen molar-refractivity contribution in [2.75, 3.05) is 5.75 Å². The fraction of sp³-hybridized carbons (Fsp3) is 0.429. The molecule has 1 unspecified atom stereocenters. The standard InChI is InChI=1S/C14H18N2O2S/c1-3-19(17,18)16-10-7-12-11-6-9(2)4-5-13(11)15-14(12)8-10/h4-6,10,15-16H,3,7-8H2,1-2H3. The predicted octanol–water partition coefficient (Wildman–Crippen LogP) is 1.88. The van der Waals surface area contributed by atoms with E-state index in [1.807, 2.05) is 0 Å². The van der Waals surface area contributed by atoms with Crippen LogP contribution in [0.3, 0.4) is 0 Å². The number of aromatic amines is 1. The molecule has 0 saturated carbocycles. The number of aromatic nitrogens is 1. The van der Waals surface area contributed by atoms with E-state index < -0.39 is 10.0 Å². The van der Waals surface area contributed by atoms with Crippen LogP contribution in [-0.4, -0.2) is 25.2 Å². The lowest BCUT2D eigenvalue weighted by atomic mass is 10.1. The van der Waals surface area contributed by atoms with Gasteiger partial charge in [0, 0.05) is 29.1 Å². The maximum absolute atomic E-state index is 11.6. The zero-order valence-corrected chi connectivity index (χ0v) is 12.0. The summed E-state index contributed by atoms with van der Waals surface area (Å²) in [5.41, 5.74) is 4.81. The zero-order valence-electron chi connectivity index (χ0n) is 11.2. The fourth-order valence-corrected chi connectivity index (χ4v) is 3.65. The summed E-state index contributed by atoms with van der Waals surface area (Å²) in [5.74, 6) is 0.136. The van der Waals surface area contributed by atoms with Crippen molar-refractivity contribution in [1.82, 2.24) is 9.71 Å². The largest absolute Gasteiger partial charge is 0.358 e. The molecule has 3 rings (SSSR count). The summed E-state index contributed by atoms with van der Waals surface area (Å²) < 4.78 is 26.0. The van der Waals surface area contributed by atoms with E-state index >= 15 is 0 Å². The molecule has 0 radical (unpaired) electrons. The first-order chi connectivity index (χ1) is 8.98. The van der Waals surface area contributed by atoms with Crippen LogP contribution in [0, 0.1) is 6.92 Å². The van der Waals surface area contributed by atoms with E-state index in [1.165, 1.54) is 22.2 Å². The Bertz CT molecular complexity index is 731. The number of hydrogen-bond acceptors (Lipinski definition) is 2. The van der Waals surface area contributed by atoms with Crippen LogP contribution in [0.1, 0.15) is 23.7 Å². The number of benzene rings is 1. The third kappa shape index (κ3) is 2.28. The summed E-state index contributed by atoms with van der Waals surface area (Å²) >= 11 is 0. The van der Waals surface area contributed by atoms with Crippen molar-refractivity contribution >= 4 is 20.9 Å². The van der Waals surface area contributed by atoms with Crippen molar-refractivity contribution in [3.63, 3.8) is 0 Å². The minimum Gasteiger partial charge on any atom is -0.358 e. The maximum atomic E-state index is 11.6. The van der Waals surface area contributed by atoms with Gasteiger partial charge in [-0.1, -0.05) is 11.6 Å². The molecule has 2 N–H and O–H groups in total. The molecule has 1 atom stereocenters. The smallest absolute Gasteiger partial charge is 0.211 e. The first-order valence-corrected chi connectivity index (χ1v) is 8.24. The molecule has 0 spiro atoms. The molecule has 1 heterocycles. The molecule has 102 valence electrons. The molecule has 0 amide bonds. The topological polar surface area (TPSA) is 62.0 Å². The van der Waals surface area contributed by atoms with Crippen molar-refractivity contribution in [3.8, 4) is 0 Å². The zero-order chi connectivity index (χ0) is 13.6. The lowest BCUT2D eigenvalue weighted by molar-refractivity contribution is 0.556. The minimum atomic E-state index is -3.12. The van der Waals surface area contributed by atoms with Gasteiger partial charge < -0.3 is 4.98 Å². The molecule has 2 aromatic rings. The van der Waals surface area contributed by atoms with Crippen LogP contribution in [0.25, 0.3) is 10.9 Å². The van der Waals surface area contributed by atoms with Gasteiger partial charge in [0.15, 0.2) is 0 Å². The minimum absolute atomic E-state index is 0.00360. The van der Waals surface area contributed by atoms with E-state index in [4.69, 9.17) is 0 Å². The number of nitrogens with one attached hydrogen (secondary N) is 2. The van der Waals surface area contributed by atoms with Gasteiger partial charge in [0.1, 0.15) is 0 Å². The molecule has 0 saturated heterocycles. The fourth-order valence-electron chi connectivity index (χ4n) is 2.81. The number of H-pyrrole nitrogens is 1. The Kier molecular flexibility index (Phi) is 2.91. The Hall–Kier alpha value is -1.33. The van der Waals surface area contributed by atoms with Crippen LogP contribution >= 0.6 is 0 Å². The van der Waals surface area contributed by atoms with Crippen molar-refractivity contribution in [3.05, 3.63) is 35.0 Å². The molecule has 0 bridgehead atoms. The van der Waals surface area contributed by atoms with Crippen LogP contribution < -0.4 is 4.72 Å². The molecule has 0 aliphatic heterocycles. The third-order valence-electron chi connectivity index (χ3n) is 3.78. The van der Waals surface area contributed by atoms with Gasteiger partial charge >= 0.3 is 0 Å². The van der Waals surface area contributed by atoms with E-state index in [0.717, 1.165) is 18.4 Å². The van der Waals surface area contributed by atoms with Gasteiger partial charge in [0.05, 0.1) is 5.75 Å². The Labute approximate surface area is 113 Å². The summed E-state index contributed by atoms with van der Waals surface area (Å²) in [4.78, 5) is 3.40. The summed E-state index contributed by atoms with van der Waals surface area (Å²) in [5, 5.41) is 1.23. The first kappa shape index (κ1) is 12.7. The highest BCUT2D eigenvalue weighted by Gasteiger charge is 2.27. The summed E-state index contributed by atoms with van der Waals surface area (Å²) in [7, 11) is -3.12. The average molecular weight is 278 g/mol. The molecule has 5 heteroatoms. The van der Waals surface area contributed by atoms with Gasteiger partial charge in [-0.15, -0.1) is 0 Å². The lowest BCUT2D eigenvalue weighted by Gasteiger charge is -2.11. The highest BCUT2D eigenvalue weighted by atomic mass is 32.2. The number of sulfonamides is 1. The van der Waals surface area contributed by atoms with Gasteiger partial charge in [0.25, 0.3) is 0 Å².